The number of benzene rings is 3. The second-order valence-corrected chi connectivity index (χ2v) is 14.7. The molecule has 8 nitrogen and oxygen atoms in total. The van der Waals surface area contributed by atoms with E-state index in [-0.39, 0.29) is 17.6 Å². The molecule has 11 heteroatoms. The maximum absolute atomic E-state index is 13.5. The van der Waals surface area contributed by atoms with E-state index in [9.17, 15) is 13.2 Å². The topological polar surface area (TPSA) is 97.8 Å². The number of carbonyl (C=O) groups is 1. The summed E-state index contributed by atoms with van der Waals surface area (Å²) in [7, 11) is -3.57. The van der Waals surface area contributed by atoms with E-state index in [1.807, 2.05) is 42.5 Å². The summed E-state index contributed by atoms with van der Waals surface area (Å²) in [6.07, 6.45) is 3.44. The summed E-state index contributed by atoms with van der Waals surface area (Å²) >= 11 is 3.12. The summed E-state index contributed by atoms with van der Waals surface area (Å²) in [5, 5.41) is 4.67. The number of thiazole rings is 1. The molecule has 7 rings (SSSR count). The number of aromatic nitrogens is 1. The zero-order chi connectivity index (χ0) is 29.6. The first-order valence-corrected chi connectivity index (χ1v) is 17.2. The van der Waals surface area contributed by atoms with Crippen LogP contribution in [-0.4, -0.2) is 43.5 Å². The fraction of sp³-hybridized carbons (Fsp3) is 0.250. The number of hydrogen-bond acceptors (Lipinski definition) is 8. The minimum Gasteiger partial charge on any atom is -0.454 e. The van der Waals surface area contributed by atoms with Crippen LogP contribution in [0.3, 0.4) is 0 Å². The number of hydrogen-bond donors (Lipinski definition) is 1. The van der Waals surface area contributed by atoms with Crippen molar-refractivity contribution in [3.05, 3.63) is 88.3 Å². The third-order valence-corrected chi connectivity index (χ3v) is 12.0. The Morgan fingerprint density at radius 2 is 1.72 bits per heavy atom. The minimum absolute atomic E-state index is 0.207. The lowest BCUT2D eigenvalue weighted by molar-refractivity contribution is 0.102. The Hall–Kier alpha value is -3.77. The monoisotopic (exact) mass is 631 g/mol. The number of ether oxygens (including phenoxy) is 2. The highest BCUT2D eigenvalue weighted by Gasteiger charge is 2.27. The van der Waals surface area contributed by atoms with Gasteiger partial charge in [0.25, 0.3) is 5.91 Å². The van der Waals surface area contributed by atoms with Gasteiger partial charge in [0, 0.05) is 35.5 Å². The molecule has 1 saturated heterocycles. The largest absolute Gasteiger partial charge is 0.454 e. The second-order valence-electron chi connectivity index (χ2n) is 10.6. The summed E-state index contributed by atoms with van der Waals surface area (Å²) in [6.45, 7) is 3.35. The van der Waals surface area contributed by atoms with Crippen LogP contribution in [0.1, 0.15) is 45.6 Å². The molecule has 1 fully saturated rings. The number of carbonyl (C=O) groups excluding carboxylic acids is 1. The normalized spacial score (nSPS) is 15.2. The van der Waals surface area contributed by atoms with Gasteiger partial charge in [-0.2, -0.15) is 4.31 Å². The molecule has 1 amide bonds. The lowest BCUT2D eigenvalue weighted by Gasteiger charge is -2.25. The number of amides is 1. The van der Waals surface area contributed by atoms with Crippen molar-refractivity contribution in [1.82, 2.24) is 9.29 Å². The lowest BCUT2D eigenvalue weighted by atomic mass is 10.1. The molecule has 0 saturated carbocycles. The summed E-state index contributed by atoms with van der Waals surface area (Å²) < 4.78 is 39.8. The van der Waals surface area contributed by atoms with Crippen molar-refractivity contribution >= 4 is 53.8 Å². The van der Waals surface area contributed by atoms with Gasteiger partial charge in [-0.15, -0.1) is 22.7 Å². The number of para-hydroxylation sites is 1. The molecule has 2 aliphatic heterocycles. The zero-order valence-corrected chi connectivity index (χ0v) is 25.9. The molecule has 220 valence electrons. The molecule has 0 aliphatic carbocycles. The Labute approximate surface area is 258 Å². The second kappa shape index (κ2) is 11.4. The molecule has 1 N–H and O–H groups in total. The van der Waals surface area contributed by atoms with Crippen LogP contribution in [0.5, 0.6) is 11.5 Å². The SMILES string of the molecule is Cc1c(Cc2ccc3c(c2)OCO3)sc(NC(=O)c2ccc(S(=O)(=O)N3CCCCC3)cc2)c1-c1nc2ccccc2s1. The van der Waals surface area contributed by atoms with Gasteiger partial charge in [-0.1, -0.05) is 24.6 Å². The summed E-state index contributed by atoms with van der Waals surface area (Å²) in [6, 6.07) is 20.2. The van der Waals surface area contributed by atoms with E-state index in [1.54, 1.807) is 23.5 Å². The first-order chi connectivity index (χ1) is 20.9. The van der Waals surface area contributed by atoms with Gasteiger partial charge in [0.15, 0.2) is 11.5 Å². The van der Waals surface area contributed by atoms with E-state index < -0.39 is 10.0 Å². The standard InChI is InChI=1S/C32H29N3O5S3/c1-20-28(18-21-9-14-25-26(17-21)40-19-39-25)42-32(29(20)31-33-24-7-3-4-8-27(24)41-31)34-30(36)22-10-12-23(13-11-22)43(37,38)35-15-5-2-6-16-35/h3-4,7-14,17H,2,5-6,15-16,18-19H2,1H3,(H,34,36). The number of nitrogens with one attached hydrogen (secondary N) is 1. The molecule has 4 heterocycles. The Balaban J connectivity index is 1.20. The van der Waals surface area contributed by atoms with Crippen molar-refractivity contribution in [3.8, 4) is 22.1 Å². The molecule has 3 aromatic carbocycles. The van der Waals surface area contributed by atoms with E-state index in [2.05, 4.69) is 12.2 Å². The van der Waals surface area contributed by atoms with Gasteiger partial charge in [-0.3, -0.25) is 4.79 Å². The smallest absolute Gasteiger partial charge is 0.256 e. The average Bonchev–Trinajstić information content (AvgIpc) is 3.74. The first kappa shape index (κ1) is 28.0. The van der Waals surface area contributed by atoms with Crippen molar-refractivity contribution in [2.24, 2.45) is 0 Å². The zero-order valence-electron chi connectivity index (χ0n) is 23.5. The molecule has 2 aromatic heterocycles. The number of nitrogens with zero attached hydrogens (tertiary/aromatic N) is 2. The molecular weight excluding hydrogens is 603 g/mol. The first-order valence-electron chi connectivity index (χ1n) is 14.1. The molecule has 43 heavy (non-hydrogen) atoms. The van der Waals surface area contributed by atoms with Gasteiger partial charge in [0.1, 0.15) is 10.0 Å². The number of thiophene rings is 1. The molecule has 2 aliphatic rings. The van der Waals surface area contributed by atoms with Crippen LogP contribution in [0, 0.1) is 6.92 Å². The van der Waals surface area contributed by atoms with Crippen molar-refractivity contribution in [1.29, 1.82) is 0 Å². The van der Waals surface area contributed by atoms with Crippen LogP contribution in [0.4, 0.5) is 5.00 Å². The van der Waals surface area contributed by atoms with Gasteiger partial charge < -0.3 is 14.8 Å². The van der Waals surface area contributed by atoms with E-state index in [4.69, 9.17) is 14.5 Å². The maximum Gasteiger partial charge on any atom is 0.256 e. The Bertz CT molecular complexity index is 1910. The molecule has 0 radical (unpaired) electrons. The van der Waals surface area contributed by atoms with Gasteiger partial charge in [-0.05, 0) is 79.4 Å². The number of anilines is 1. The summed E-state index contributed by atoms with van der Waals surface area (Å²) in [5.41, 5.74) is 4.33. The van der Waals surface area contributed by atoms with Crippen molar-refractivity contribution in [3.63, 3.8) is 0 Å². The fourth-order valence-electron chi connectivity index (χ4n) is 5.50. The highest BCUT2D eigenvalue weighted by Crippen LogP contribution is 2.45. The van der Waals surface area contributed by atoms with Crippen LogP contribution >= 0.6 is 22.7 Å². The van der Waals surface area contributed by atoms with Crippen LogP contribution in [0.15, 0.2) is 71.6 Å². The quantitative estimate of drug-likeness (QED) is 0.206. The van der Waals surface area contributed by atoms with Gasteiger partial charge >= 0.3 is 0 Å². The predicted octanol–water partition coefficient (Wildman–Crippen LogP) is 7.08. The van der Waals surface area contributed by atoms with E-state index >= 15 is 0 Å². The van der Waals surface area contributed by atoms with Gasteiger partial charge in [0.05, 0.1) is 15.1 Å². The molecular formula is C32H29N3O5S3. The maximum atomic E-state index is 13.5. The van der Waals surface area contributed by atoms with Crippen LogP contribution in [-0.2, 0) is 16.4 Å². The highest BCUT2D eigenvalue weighted by molar-refractivity contribution is 7.89. The summed E-state index contributed by atoms with van der Waals surface area (Å²) in [4.78, 5) is 19.7. The predicted molar refractivity (Wildman–Crippen MR) is 170 cm³/mol. The highest BCUT2D eigenvalue weighted by atomic mass is 32.2. The van der Waals surface area contributed by atoms with E-state index in [0.717, 1.165) is 67.6 Å². The van der Waals surface area contributed by atoms with Crippen LogP contribution < -0.4 is 14.8 Å². The Morgan fingerprint density at radius 1 is 0.953 bits per heavy atom. The van der Waals surface area contributed by atoms with Crippen molar-refractivity contribution in [2.75, 3.05) is 25.2 Å². The average molecular weight is 632 g/mol. The fourth-order valence-corrected chi connectivity index (χ4v) is 9.39. The van der Waals surface area contributed by atoms with Crippen molar-refractivity contribution < 1.29 is 22.7 Å². The van der Waals surface area contributed by atoms with Crippen LogP contribution in [0.25, 0.3) is 20.8 Å². The van der Waals surface area contributed by atoms with E-state index in [0.29, 0.717) is 30.1 Å². The van der Waals surface area contributed by atoms with Gasteiger partial charge in [0.2, 0.25) is 16.8 Å². The third kappa shape index (κ3) is 5.42. The Kier molecular flexibility index (Phi) is 7.42. The number of rotatable bonds is 7. The van der Waals surface area contributed by atoms with Gasteiger partial charge in [-0.25, -0.2) is 13.4 Å². The third-order valence-electron chi connectivity index (χ3n) is 7.85. The molecule has 5 aromatic rings. The number of fused-ring (bicyclic) bond motifs is 2. The number of sulfonamides is 1. The molecule has 0 spiro atoms. The Morgan fingerprint density at radius 3 is 2.51 bits per heavy atom. The minimum atomic E-state index is -3.57. The number of piperidine rings is 1. The van der Waals surface area contributed by atoms with E-state index in [1.165, 1.54) is 27.8 Å². The van der Waals surface area contributed by atoms with Crippen LogP contribution in [0.2, 0.25) is 0 Å². The molecule has 0 atom stereocenters. The molecule has 0 unspecified atom stereocenters. The summed E-state index contributed by atoms with van der Waals surface area (Å²) in [5.74, 6) is 1.17. The molecule has 0 bridgehead atoms. The lowest BCUT2D eigenvalue weighted by Crippen LogP contribution is -2.35. The van der Waals surface area contributed by atoms with Crippen molar-refractivity contribution in [2.45, 2.75) is 37.5 Å².